The molecule has 1 aromatic carbocycles. The number of H-pyrrole nitrogens is 1. The molecule has 2 heterocycles. The molecule has 0 amide bonds. The van der Waals surface area contributed by atoms with Gasteiger partial charge in [-0.3, -0.25) is 4.79 Å². The molecule has 0 spiro atoms. The molecule has 124 valence electrons. The molecule has 3 rings (SSSR count). The lowest BCUT2D eigenvalue weighted by Gasteiger charge is -2.09. The van der Waals surface area contributed by atoms with Crippen LogP contribution in [-0.2, 0) is 4.74 Å². The Morgan fingerprint density at radius 3 is 2.56 bits per heavy atom. The van der Waals surface area contributed by atoms with Gasteiger partial charge in [0.15, 0.2) is 5.69 Å². The molecule has 0 saturated carbocycles. The smallest absolute Gasteiger partial charge is 0.357 e. The molecule has 0 saturated heterocycles. The number of nitriles is 1. The Morgan fingerprint density at radius 1 is 1.28 bits per heavy atom. The number of rotatable bonds is 3. The number of nitrogens with two attached hydrogens (primary N) is 1. The number of hydrogen-bond donors (Lipinski definition) is 2. The monoisotopic (exact) mass is 335 g/mol. The third-order valence-electron chi connectivity index (χ3n) is 3.66. The molecule has 2 aromatic heterocycles. The molecule has 0 aliphatic rings. The molecule has 3 N–H and O–H groups in total. The Balaban J connectivity index is 2.06. The first-order chi connectivity index (χ1) is 12.0. The fourth-order valence-corrected chi connectivity index (χ4v) is 2.42. The Hall–Kier alpha value is -3.86. The number of aromatic amines is 1. The zero-order valence-corrected chi connectivity index (χ0v) is 13.2. The molecule has 0 aliphatic heterocycles. The summed E-state index contributed by atoms with van der Waals surface area (Å²) in [7, 11) is 1.25. The Morgan fingerprint density at radius 2 is 2.00 bits per heavy atom. The molecule has 8 heteroatoms. The van der Waals surface area contributed by atoms with Crippen molar-refractivity contribution in [3.05, 3.63) is 64.2 Å². The van der Waals surface area contributed by atoms with Crippen LogP contribution in [0.4, 0.5) is 5.69 Å². The van der Waals surface area contributed by atoms with Crippen molar-refractivity contribution >= 4 is 11.7 Å². The van der Waals surface area contributed by atoms with Crippen molar-refractivity contribution in [1.29, 1.82) is 5.26 Å². The van der Waals surface area contributed by atoms with E-state index in [0.29, 0.717) is 11.4 Å². The molecule has 0 fully saturated rings. The third-order valence-corrected chi connectivity index (χ3v) is 3.66. The number of anilines is 1. The van der Waals surface area contributed by atoms with Gasteiger partial charge in [-0.25, -0.2) is 9.89 Å². The van der Waals surface area contributed by atoms with Gasteiger partial charge in [-0.15, -0.1) is 0 Å². The van der Waals surface area contributed by atoms with Gasteiger partial charge in [0.25, 0.3) is 5.56 Å². The van der Waals surface area contributed by atoms with Crippen molar-refractivity contribution in [2.45, 2.75) is 0 Å². The van der Waals surface area contributed by atoms with Gasteiger partial charge in [-0.05, 0) is 18.2 Å². The van der Waals surface area contributed by atoms with Gasteiger partial charge in [0.05, 0.1) is 24.1 Å². The van der Waals surface area contributed by atoms with Gasteiger partial charge in [0.2, 0.25) is 0 Å². The highest BCUT2D eigenvalue weighted by atomic mass is 16.5. The summed E-state index contributed by atoms with van der Waals surface area (Å²) >= 11 is 0. The van der Waals surface area contributed by atoms with E-state index in [1.807, 2.05) is 6.07 Å². The summed E-state index contributed by atoms with van der Waals surface area (Å²) in [5.74, 6) is -0.634. The molecule has 8 nitrogen and oxygen atoms in total. The van der Waals surface area contributed by atoms with E-state index in [1.165, 1.54) is 23.9 Å². The normalized spacial score (nSPS) is 10.2. The van der Waals surface area contributed by atoms with Crippen LogP contribution < -0.4 is 11.3 Å². The summed E-state index contributed by atoms with van der Waals surface area (Å²) in [4.78, 5) is 23.1. The lowest BCUT2D eigenvalue weighted by molar-refractivity contribution is 0.0593. The van der Waals surface area contributed by atoms with Gasteiger partial charge in [0, 0.05) is 23.5 Å². The second kappa shape index (κ2) is 6.33. The number of benzene rings is 1. The Bertz CT molecular complexity index is 1020. The van der Waals surface area contributed by atoms with Crippen molar-refractivity contribution in [2.24, 2.45) is 0 Å². The van der Waals surface area contributed by atoms with E-state index in [4.69, 9.17) is 15.7 Å². The summed E-state index contributed by atoms with van der Waals surface area (Å²) in [6.07, 6.45) is 1.48. The lowest BCUT2D eigenvalue weighted by Crippen LogP contribution is -2.11. The summed E-state index contributed by atoms with van der Waals surface area (Å²) in [6, 6.07) is 12.0. The Kier molecular flexibility index (Phi) is 4.05. The van der Waals surface area contributed by atoms with Crippen molar-refractivity contribution in [1.82, 2.24) is 14.8 Å². The number of methoxy groups -OCH3 is 1. The minimum absolute atomic E-state index is 0.0701. The Labute approximate surface area is 142 Å². The van der Waals surface area contributed by atoms with Crippen LogP contribution in [0.5, 0.6) is 0 Å². The van der Waals surface area contributed by atoms with Gasteiger partial charge in [0.1, 0.15) is 6.07 Å². The SMILES string of the molecule is COC(=O)c1c(N)c(C#N)cn1-c1ccc(-c2ccc(=O)[nH]n2)cc1. The third kappa shape index (κ3) is 2.86. The van der Waals surface area contributed by atoms with Crippen molar-refractivity contribution < 1.29 is 9.53 Å². The van der Waals surface area contributed by atoms with Crippen LogP contribution in [0.1, 0.15) is 16.1 Å². The quantitative estimate of drug-likeness (QED) is 0.698. The van der Waals surface area contributed by atoms with E-state index >= 15 is 0 Å². The molecule has 3 aromatic rings. The lowest BCUT2D eigenvalue weighted by atomic mass is 10.1. The van der Waals surface area contributed by atoms with Crippen LogP contribution >= 0.6 is 0 Å². The largest absolute Gasteiger partial charge is 0.464 e. The first-order valence-corrected chi connectivity index (χ1v) is 7.21. The van der Waals surface area contributed by atoms with E-state index < -0.39 is 5.97 Å². The highest BCUT2D eigenvalue weighted by molar-refractivity contribution is 5.96. The zero-order chi connectivity index (χ0) is 18.0. The minimum Gasteiger partial charge on any atom is -0.464 e. The predicted molar refractivity (Wildman–Crippen MR) is 90.1 cm³/mol. The molecule has 0 aliphatic carbocycles. The van der Waals surface area contributed by atoms with E-state index in [-0.39, 0.29) is 22.5 Å². The number of nitrogens with zero attached hydrogens (tertiary/aromatic N) is 3. The first kappa shape index (κ1) is 16.0. The number of nitrogen functional groups attached to an aromatic ring is 1. The van der Waals surface area contributed by atoms with Crippen molar-refractivity contribution in [2.75, 3.05) is 12.8 Å². The molecule has 0 unspecified atom stereocenters. The first-order valence-electron chi connectivity index (χ1n) is 7.21. The average molecular weight is 335 g/mol. The topological polar surface area (TPSA) is 127 Å². The maximum atomic E-state index is 12.0. The highest BCUT2D eigenvalue weighted by Gasteiger charge is 2.21. The standard InChI is InChI=1S/C17H13N5O3/c1-25-17(24)16-15(19)11(8-18)9-22(16)12-4-2-10(3-5-12)13-6-7-14(23)21-20-13/h2-7,9H,19H2,1H3,(H,21,23). The molecular weight excluding hydrogens is 322 g/mol. The maximum Gasteiger partial charge on any atom is 0.357 e. The number of esters is 1. The molecular formula is C17H13N5O3. The zero-order valence-electron chi connectivity index (χ0n) is 13.2. The number of aromatic nitrogens is 3. The van der Waals surface area contributed by atoms with Crippen molar-refractivity contribution in [3.8, 4) is 23.0 Å². The number of ether oxygens (including phenoxy) is 1. The van der Waals surface area contributed by atoms with Crippen LogP contribution in [0, 0.1) is 11.3 Å². The van der Waals surface area contributed by atoms with E-state index in [2.05, 4.69) is 10.2 Å². The molecule has 0 atom stereocenters. The summed E-state index contributed by atoms with van der Waals surface area (Å²) < 4.78 is 6.25. The van der Waals surface area contributed by atoms with Gasteiger partial charge in [-0.1, -0.05) is 12.1 Å². The minimum atomic E-state index is -0.634. The van der Waals surface area contributed by atoms with Crippen LogP contribution in [0.15, 0.2) is 47.4 Å². The highest BCUT2D eigenvalue weighted by Crippen LogP contribution is 2.26. The summed E-state index contributed by atoms with van der Waals surface area (Å²) in [5, 5.41) is 15.5. The molecule has 25 heavy (non-hydrogen) atoms. The maximum absolute atomic E-state index is 12.0. The van der Waals surface area contributed by atoms with Gasteiger partial charge < -0.3 is 15.0 Å². The number of nitrogens with one attached hydrogen (secondary N) is 1. The average Bonchev–Trinajstić information content (AvgIpc) is 2.98. The van der Waals surface area contributed by atoms with Gasteiger partial charge in [-0.2, -0.15) is 10.4 Å². The number of carbonyl (C=O) groups excluding carboxylic acids is 1. The second-order valence-corrected chi connectivity index (χ2v) is 5.13. The molecule has 0 radical (unpaired) electrons. The van der Waals surface area contributed by atoms with Gasteiger partial charge >= 0.3 is 5.97 Å². The van der Waals surface area contributed by atoms with Crippen LogP contribution in [0.3, 0.4) is 0 Å². The van der Waals surface area contributed by atoms with E-state index in [0.717, 1.165) is 5.56 Å². The van der Waals surface area contributed by atoms with Crippen LogP contribution in [0.2, 0.25) is 0 Å². The summed E-state index contributed by atoms with van der Waals surface area (Å²) in [6.45, 7) is 0. The van der Waals surface area contributed by atoms with E-state index in [9.17, 15) is 9.59 Å². The fourth-order valence-electron chi connectivity index (χ4n) is 2.42. The fraction of sp³-hybridized carbons (Fsp3) is 0.0588. The van der Waals surface area contributed by atoms with Crippen molar-refractivity contribution in [3.63, 3.8) is 0 Å². The van der Waals surface area contributed by atoms with Crippen LogP contribution in [-0.4, -0.2) is 27.8 Å². The molecule has 0 bridgehead atoms. The predicted octanol–water partition coefficient (Wildman–Crippen LogP) is 1.47. The number of hydrogen-bond acceptors (Lipinski definition) is 6. The van der Waals surface area contributed by atoms with Crippen LogP contribution in [0.25, 0.3) is 16.9 Å². The summed E-state index contributed by atoms with van der Waals surface area (Å²) in [5.41, 5.74) is 7.95. The number of carbonyl (C=O) groups is 1. The van der Waals surface area contributed by atoms with E-state index in [1.54, 1.807) is 30.3 Å². The second-order valence-electron chi connectivity index (χ2n) is 5.13.